The van der Waals surface area contributed by atoms with Crippen LogP contribution in [0.3, 0.4) is 0 Å². The first kappa shape index (κ1) is 28.2. The molecular formula is C29H54. The first-order chi connectivity index (χ1) is 14.4. The molecular weight excluding hydrogens is 348 g/mol. The van der Waals surface area contributed by atoms with Crippen LogP contribution in [-0.2, 0) is 0 Å². The second kappa shape index (κ2) is 27.2. The molecule has 0 amide bonds. The SMILES string of the molecule is CCC=CCC=CCC=CCCCCCCCCCCCCCCCCCCC. The topological polar surface area (TPSA) is 0 Å². The molecule has 0 nitrogen and oxygen atoms in total. The normalized spacial score (nSPS) is 12.2. The summed E-state index contributed by atoms with van der Waals surface area (Å²) in [6, 6.07) is 0. The smallest absolute Gasteiger partial charge is 0.0169 e. The van der Waals surface area contributed by atoms with E-state index in [4.69, 9.17) is 0 Å². The molecule has 0 rings (SSSR count). The maximum atomic E-state index is 2.37. The van der Waals surface area contributed by atoms with Crippen molar-refractivity contribution in [2.45, 2.75) is 149 Å². The Kier molecular flexibility index (Phi) is 26.5. The number of allylic oxidation sites excluding steroid dienone is 6. The van der Waals surface area contributed by atoms with Crippen LogP contribution in [0.4, 0.5) is 0 Å². The molecule has 0 radical (unpaired) electrons. The zero-order chi connectivity index (χ0) is 21.1. The second-order valence-electron chi connectivity index (χ2n) is 8.74. The minimum Gasteiger partial charge on any atom is -0.0885 e. The van der Waals surface area contributed by atoms with E-state index in [-0.39, 0.29) is 0 Å². The Labute approximate surface area is 185 Å². The zero-order valence-electron chi connectivity index (χ0n) is 20.3. The van der Waals surface area contributed by atoms with Gasteiger partial charge in [-0.3, -0.25) is 0 Å². The van der Waals surface area contributed by atoms with E-state index < -0.39 is 0 Å². The third kappa shape index (κ3) is 27.2. The molecule has 0 heteroatoms. The van der Waals surface area contributed by atoms with Gasteiger partial charge in [-0.1, -0.05) is 153 Å². The van der Waals surface area contributed by atoms with E-state index >= 15 is 0 Å². The van der Waals surface area contributed by atoms with E-state index in [1.165, 1.54) is 116 Å². The van der Waals surface area contributed by atoms with Crippen LogP contribution in [-0.4, -0.2) is 0 Å². The van der Waals surface area contributed by atoms with Gasteiger partial charge in [0.25, 0.3) is 0 Å². The van der Waals surface area contributed by atoms with Crippen molar-refractivity contribution in [3.05, 3.63) is 36.5 Å². The van der Waals surface area contributed by atoms with E-state index in [0.29, 0.717) is 0 Å². The standard InChI is InChI=1S/C29H54/c1-3-5-7-9-11-13-15-17-19-21-23-25-27-29-28-26-24-22-20-18-16-14-12-10-8-6-4-2/h5,7,11,13,17,19H,3-4,6,8-10,12,14-16,18,20-29H2,1-2H3. The Morgan fingerprint density at radius 3 is 1.10 bits per heavy atom. The second-order valence-corrected chi connectivity index (χ2v) is 8.74. The summed E-state index contributed by atoms with van der Waals surface area (Å²) in [5, 5.41) is 0. The summed E-state index contributed by atoms with van der Waals surface area (Å²) in [4.78, 5) is 0. The van der Waals surface area contributed by atoms with Gasteiger partial charge in [0.1, 0.15) is 0 Å². The van der Waals surface area contributed by atoms with Gasteiger partial charge in [0.2, 0.25) is 0 Å². The molecule has 0 unspecified atom stereocenters. The first-order valence-corrected chi connectivity index (χ1v) is 13.4. The van der Waals surface area contributed by atoms with Crippen molar-refractivity contribution in [3.8, 4) is 0 Å². The van der Waals surface area contributed by atoms with Gasteiger partial charge in [-0.05, 0) is 32.1 Å². The number of rotatable bonds is 23. The molecule has 0 aromatic carbocycles. The molecule has 0 saturated heterocycles. The largest absolute Gasteiger partial charge is 0.0885 e. The average molecular weight is 403 g/mol. The fourth-order valence-electron chi connectivity index (χ4n) is 3.81. The van der Waals surface area contributed by atoms with Crippen molar-refractivity contribution in [2.24, 2.45) is 0 Å². The van der Waals surface area contributed by atoms with Gasteiger partial charge >= 0.3 is 0 Å². The minimum absolute atomic E-state index is 1.08. The molecule has 0 saturated carbocycles. The van der Waals surface area contributed by atoms with Crippen molar-refractivity contribution in [1.29, 1.82) is 0 Å². The van der Waals surface area contributed by atoms with Crippen LogP contribution in [0.25, 0.3) is 0 Å². The lowest BCUT2D eigenvalue weighted by Gasteiger charge is -2.03. The van der Waals surface area contributed by atoms with Crippen molar-refractivity contribution < 1.29 is 0 Å². The molecule has 0 heterocycles. The lowest BCUT2D eigenvalue weighted by atomic mass is 10.0. The molecule has 0 aliphatic heterocycles. The van der Waals surface area contributed by atoms with E-state index in [2.05, 4.69) is 50.3 Å². The van der Waals surface area contributed by atoms with E-state index in [1.807, 2.05) is 0 Å². The van der Waals surface area contributed by atoms with Gasteiger partial charge in [0, 0.05) is 0 Å². The predicted octanol–water partition coefficient (Wildman–Crippen LogP) is 10.9. The summed E-state index contributed by atoms with van der Waals surface area (Å²) >= 11 is 0. The summed E-state index contributed by atoms with van der Waals surface area (Å²) in [6.07, 6.45) is 43.0. The molecule has 0 spiro atoms. The quantitative estimate of drug-likeness (QED) is 0.118. The van der Waals surface area contributed by atoms with Crippen LogP contribution in [0.1, 0.15) is 149 Å². The monoisotopic (exact) mass is 402 g/mol. The highest BCUT2D eigenvalue weighted by atomic mass is 14.0. The number of hydrogen-bond acceptors (Lipinski definition) is 0. The maximum absolute atomic E-state index is 2.37. The van der Waals surface area contributed by atoms with Crippen LogP contribution in [0.2, 0.25) is 0 Å². The van der Waals surface area contributed by atoms with Crippen molar-refractivity contribution in [2.75, 3.05) is 0 Å². The van der Waals surface area contributed by atoms with Crippen LogP contribution >= 0.6 is 0 Å². The number of hydrogen-bond donors (Lipinski definition) is 0. The molecule has 0 aromatic rings. The van der Waals surface area contributed by atoms with Crippen LogP contribution < -0.4 is 0 Å². The average Bonchev–Trinajstić information content (AvgIpc) is 2.74. The fourth-order valence-corrected chi connectivity index (χ4v) is 3.81. The summed E-state index contributed by atoms with van der Waals surface area (Å²) in [5.41, 5.74) is 0. The van der Waals surface area contributed by atoms with Crippen LogP contribution in [0.5, 0.6) is 0 Å². The summed E-state index contributed by atoms with van der Waals surface area (Å²) in [6.45, 7) is 4.48. The van der Waals surface area contributed by atoms with E-state index in [9.17, 15) is 0 Å². The van der Waals surface area contributed by atoms with Gasteiger partial charge < -0.3 is 0 Å². The summed E-state index contributed by atoms with van der Waals surface area (Å²) in [7, 11) is 0. The molecule has 0 bridgehead atoms. The van der Waals surface area contributed by atoms with Crippen molar-refractivity contribution >= 4 is 0 Å². The van der Waals surface area contributed by atoms with E-state index in [0.717, 1.165) is 19.3 Å². The molecule has 0 aliphatic carbocycles. The zero-order valence-corrected chi connectivity index (χ0v) is 20.3. The molecule has 0 atom stereocenters. The van der Waals surface area contributed by atoms with E-state index in [1.54, 1.807) is 0 Å². The summed E-state index contributed by atoms with van der Waals surface area (Å²) < 4.78 is 0. The van der Waals surface area contributed by atoms with Gasteiger partial charge in [-0.25, -0.2) is 0 Å². The molecule has 170 valence electrons. The third-order valence-corrected chi connectivity index (χ3v) is 5.75. The lowest BCUT2D eigenvalue weighted by molar-refractivity contribution is 0.527. The Morgan fingerprint density at radius 2 is 0.690 bits per heavy atom. The van der Waals surface area contributed by atoms with Crippen molar-refractivity contribution in [3.63, 3.8) is 0 Å². The van der Waals surface area contributed by atoms with Gasteiger partial charge in [0.05, 0.1) is 0 Å². The molecule has 0 aromatic heterocycles. The summed E-state index contributed by atoms with van der Waals surface area (Å²) in [5.74, 6) is 0. The molecule has 29 heavy (non-hydrogen) atoms. The highest BCUT2D eigenvalue weighted by Gasteiger charge is 1.94. The van der Waals surface area contributed by atoms with Gasteiger partial charge in [-0.15, -0.1) is 0 Å². The number of unbranched alkanes of at least 4 members (excludes halogenated alkanes) is 17. The molecule has 0 fully saturated rings. The van der Waals surface area contributed by atoms with Gasteiger partial charge in [0.15, 0.2) is 0 Å². The van der Waals surface area contributed by atoms with Gasteiger partial charge in [-0.2, -0.15) is 0 Å². The minimum atomic E-state index is 1.08. The Hall–Kier alpha value is -0.780. The first-order valence-electron chi connectivity index (χ1n) is 13.4. The van der Waals surface area contributed by atoms with Crippen molar-refractivity contribution in [1.82, 2.24) is 0 Å². The fraction of sp³-hybridized carbons (Fsp3) is 0.793. The maximum Gasteiger partial charge on any atom is -0.0169 e. The molecule has 0 N–H and O–H groups in total. The Balaban J connectivity index is 3.11. The predicted molar refractivity (Wildman–Crippen MR) is 136 cm³/mol. The van der Waals surface area contributed by atoms with Crippen LogP contribution in [0, 0.1) is 0 Å². The highest BCUT2D eigenvalue weighted by Crippen LogP contribution is 2.14. The Morgan fingerprint density at radius 1 is 0.345 bits per heavy atom. The van der Waals surface area contributed by atoms with Crippen LogP contribution in [0.15, 0.2) is 36.5 Å². The lowest BCUT2D eigenvalue weighted by Crippen LogP contribution is -1.83. The molecule has 0 aliphatic rings. The highest BCUT2D eigenvalue weighted by molar-refractivity contribution is 4.96. The Bertz CT molecular complexity index is 360. The third-order valence-electron chi connectivity index (χ3n) is 5.75.